The minimum absolute atomic E-state index is 0.0567. The van der Waals surface area contributed by atoms with Gasteiger partial charge in [0.25, 0.3) is 0 Å². The van der Waals surface area contributed by atoms with Gasteiger partial charge in [0, 0.05) is 60.9 Å². The van der Waals surface area contributed by atoms with Crippen molar-refractivity contribution >= 4 is 11.9 Å². The smallest absolute Gasteiger partial charge is 0.331 e. The quantitative estimate of drug-likeness (QED) is 0.0396. The summed E-state index contributed by atoms with van der Waals surface area (Å²) in [5.74, 6) is 3.17. The van der Waals surface area contributed by atoms with Gasteiger partial charge in [-0.3, -0.25) is 0 Å². The van der Waals surface area contributed by atoms with Gasteiger partial charge in [0.15, 0.2) is 34.5 Å². The van der Waals surface area contributed by atoms with Gasteiger partial charge in [-0.1, -0.05) is 12.1 Å². The number of hydrogen-bond donors (Lipinski definition) is 2. The van der Waals surface area contributed by atoms with Crippen LogP contribution in [0.5, 0.6) is 40.2 Å². The SMILES string of the molecule is COc1ccc(CC2c3cc(OC)c(OC)cc3CC[N+]2(C)CCCOC(=O)C=CC(=O)OCCC[N+]2(C)CCc3cc(CO)c(CO)c(OC)c3C2c2ccc(OC)c(OC)c2)cc1OC. The summed E-state index contributed by atoms with van der Waals surface area (Å²) < 4.78 is 52.1. The number of fused-ring (bicyclic) bond motifs is 2. The lowest BCUT2D eigenvalue weighted by atomic mass is 9.82. The molecular weight excluding hydrogens is 861 g/mol. The molecule has 0 saturated carbocycles. The molecule has 2 N–H and O–H groups in total. The van der Waals surface area contributed by atoms with Crippen LogP contribution in [0.15, 0.2) is 66.7 Å². The van der Waals surface area contributed by atoms with Crippen LogP contribution in [-0.4, -0.2) is 134 Å². The number of benzene rings is 4. The highest BCUT2D eigenvalue weighted by Gasteiger charge is 2.44. The van der Waals surface area contributed by atoms with Gasteiger partial charge < -0.3 is 61.8 Å². The molecule has 0 spiro atoms. The van der Waals surface area contributed by atoms with Gasteiger partial charge in [-0.05, 0) is 64.7 Å². The Morgan fingerprint density at radius 1 is 0.612 bits per heavy atom. The van der Waals surface area contributed by atoms with E-state index in [1.54, 1.807) is 49.8 Å². The van der Waals surface area contributed by atoms with Gasteiger partial charge in [0.2, 0.25) is 0 Å². The maximum atomic E-state index is 12.9. The number of methoxy groups -OCH3 is 7. The van der Waals surface area contributed by atoms with Crippen molar-refractivity contribution in [3.8, 4) is 40.2 Å². The molecule has 2 aliphatic heterocycles. The number of aliphatic hydroxyl groups is 2. The summed E-state index contributed by atoms with van der Waals surface area (Å²) in [5.41, 5.74) is 7.58. The number of quaternary nitrogens is 2. The van der Waals surface area contributed by atoms with E-state index in [0.717, 1.165) is 66.9 Å². The molecule has 0 aliphatic carbocycles. The van der Waals surface area contributed by atoms with Crippen LogP contribution in [0.4, 0.5) is 0 Å². The Balaban J connectivity index is 1.07. The molecule has 4 aromatic carbocycles. The molecular formula is C52H68N2O13+2. The monoisotopic (exact) mass is 928 g/mol. The summed E-state index contributed by atoms with van der Waals surface area (Å²) in [6.45, 7) is 2.75. The van der Waals surface area contributed by atoms with Crippen LogP contribution in [0.25, 0.3) is 0 Å². The molecule has 362 valence electrons. The number of nitrogens with zero attached hydrogens (tertiary/aromatic N) is 2. The van der Waals surface area contributed by atoms with Gasteiger partial charge in [-0.2, -0.15) is 0 Å². The highest BCUT2D eigenvalue weighted by Crippen LogP contribution is 2.48. The number of carbonyl (C=O) groups excluding carboxylic acids is 2. The molecule has 4 atom stereocenters. The summed E-state index contributed by atoms with van der Waals surface area (Å²) in [5, 5.41) is 20.6. The van der Waals surface area contributed by atoms with Crippen LogP contribution in [0.2, 0.25) is 0 Å². The second-order valence-corrected chi connectivity index (χ2v) is 17.5. The summed E-state index contributed by atoms with van der Waals surface area (Å²) in [7, 11) is 15.7. The van der Waals surface area contributed by atoms with Gasteiger partial charge in [-0.15, -0.1) is 0 Å². The first-order valence-electron chi connectivity index (χ1n) is 22.6. The fourth-order valence-corrected chi connectivity index (χ4v) is 10.1. The molecule has 0 radical (unpaired) electrons. The summed E-state index contributed by atoms with van der Waals surface area (Å²) in [6.07, 6.45) is 5.62. The van der Waals surface area contributed by atoms with Crippen molar-refractivity contribution in [2.75, 3.05) is 103 Å². The second kappa shape index (κ2) is 22.7. The number of carbonyl (C=O) groups is 2. The average molecular weight is 929 g/mol. The van der Waals surface area contributed by atoms with Crippen LogP contribution in [0, 0.1) is 0 Å². The Labute approximate surface area is 394 Å². The van der Waals surface area contributed by atoms with Gasteiger partial charge in [0.1, 0.15) is 17.8 Å². The Kier molecular flexibility index (Phi) is 17.1. The van der Waals surface area contributed by atoms with E-state index in [1.165, 1.54) is 11.1 Å². The van der Waals surface area contributed by atoms with E-state index < -0.39 is 11.9 Å². The van der Waals surface area contributed by atoms with Crippen molar-refractivity contribution in [1.82, 2.24) is 0 Å². The maximum absolute atomic E-state index is 12.9. The predicted molar refractivity (Wildman–Crippen MR) is 251 cm³/mol. The first-order chi connectivity index (χ1) is 32.3. The second-order valence-electron chi connectivity index (χ2n) is 17.5. The third-order valence-electron chi connectivity index (χ3n) is 13.6. The first kappa shape index (κ1) is 50.4. The minimum Gasteiger partial charge on any atom is -0.496 e. The van der Waals surface area contributed by atoms with Crippen LogP contribution in [0.1, 0.15) is 69.4 Å². The molecule has 2 aliphatic rings. The Hall–Kier alpha value is -6.00. The molecule has 67 heavy (non-hydrogen) atoms. The molecule has 0 bridgehead atoms. The molecule has 4 unspecified atom stereocenters. The van der Waals surface area contributed by atoms with Crippen molar-refractivity contribution in [2.24, 2.45) is 0 Å². The number of esters is 2. The maximum Gasteiger partial charge on any atom is 0.331 e. The zero-order chi connectivity index (χ0) is 48.3. The van der Waals surface area contributed by atoms with E-state index in [2.05, 4.69) is 32.3 Å². The lowest BCUT2D eigenvalue weighted by molar-refractivity contribution is -0.941. The van der Waals surface area contributed by atoms with Crippen LogP contribution >= 0.6 is 0 Å². The number of likely N-dealkylation sites (N-methyl/N-ethyl adjacent to an activating group) is 2. The number of rotatable bonds is 22. The fourth-order valence-electron chi connectivity index (χ4n) is 10.1. The number of hydrogen-bond acceptors (Lipinski definition) is 13. The predicted octanol–water partition coefficient (Wildman–Crippen LogP) is 6.23. The lowest BCUT2D eigenvalue weighted by Crippen LogP contribution is -2.52. The molecule has 15 heteroatoms. The van der Waals surface area contributed by atoms with Crippen LogP contribution < -0.4 is 33.2 Å². The van der Waals surface area contributed by atoms with E-state index in [-0.39, 0.29) is 38.5 Å². The highest BCUT2D eigenvalue weighted by molar-refractivity contribution is 5.91. The van der Waals surface area contributed by atoms with Crippen molar-refractivity contribution in [2.45, 2.75) is 57.4 Å². The minimum atomic E-state index is -0.638. The topological polar surface area (TPSA) is 158 Å². The Bertz CT molecular complexity index is 2400. The molecule has 4 aromatic rings. The third-order valence-corrected chi connectivity index (χ3v) is 13.6. The van der Waals surface area contributed by atoms with Crippen molar-refractivity contribution in [3.05, 3.63) is 111 Å². The lowest BCUT2D eigenvalue weighted by Gasteiger charge is -2.46. The largest absolute Gasteiger partial charge is 0.496 e. The van der Waals surface area contributed by atoms with Gasteiger partial charge >= 0.3 is 11.9 Å². The van der Waals surface area contributed by atoms with E-state index in [9.17, 15) is 19.8 Å². The van der Waals surface area contributed by atoms with Gasteiger partial charge in [0.05, 0.1) is 122 Å². The first-order valence-corrected chi connectivity index (χ1v) is 22.6. The Morgan fingerprint density at radius 3 is 1.73 bits per heavy atom. The Morgan fingerprint density at radius 2 is 1.15 bits per heavy atom. The highest BCUT2D eigenvalue weighted by atomic mass is 16.5. The van der Waals surface area contributed by atoms with E-state index in [0.29, 0.717) is 86.1 Å². The molecule has 0 saturated heterocycles. The van der Waals surface area contributed by atoms with Crippen LogP contribution in [0.3, 0.4) is 0 Å². The standard InChI is InChI=1S/C52H68N2O13/c1-53(22-18-35-29-46(63-7)47(64-8)31-39(35)41(53)26-34-12-14-42(59-3)44(27-34)61-5)20-10-24-66-48(57)16-17-49(58)67-25-11-21-54(2)23-19-36-28-38(32-55)40(33-56)52(65-9)50(36)51(54)37-13-15-43(60-4)45(30-37)62-6/h12-17,27-31,41,51,55-56H,10-11,18-26,32-33H2,1-9H3/q+2. The number of ether oxygens (including phenoxy) is 9. The molecule has 0 aromatic heterocycles. The van der Waals surface area contributed by atoms with E-state index in [1.807, 2.05) is 36.4 Å². The molecule has 15 nitrogen and oxygen atoms in total. The molecule has 2 heterocycles. The number of aliphatic hydroxyl groups excluding tert-OH is 2. The fraction of sp³-hybridized carbons (Fsp3) is 0.462. The van der Waals surface area contributed by atoms with Crippen molar-refractivity contribution < 1.29 is 71.4 Å². The van der Waals surface area contributed by atoms with Crippen molar-refractivity contribution in [1.29, 1.82) is 0 Å². The van der Waals surface area contributed by atoms with E-state index in [4.69, 9.17) is 42.6 Å². The zero-order valence-electron chi connectivity index (χ0n) is 40.5. The molecule has 6 rings (SSSR count). The zero-order valence-corrected chi connectivity index (χ0v) is 40.5. The molecule has 0 amide bonds. The summed E-state index contributed by atoms with van der Waals surface area (Å²) in [6, 6.07) is 17.8. The average Bonchev–Trinajstić information content (AvgIpc) is 3.35. The summed E-state index contributed by atoms with van der Waals surface area (Å²) in [4.78, 5) is 25.7. The van der Waals surface area contributed by atoms with Crippen LogP contribution in [-0.2, 0) is 51.5 Å². The van der Waals surface area contributed by atoms with Crippen molar-refractivity contribution in [3.63, 3.8) is 0 Å². The van der Waals surface area contributed by atoms with E-state index >= 15 is 0 Å². The normalized spacial score (nSPS) is 19.7. The molecule has 0 fully saturated rings. The summed E-state index contributed by atoms with van der Waals surface area (Å²) >= 11 is 0. The third kappa shape index (κ3) is 11.1. The van der Waals surface area contributed by atoms with Gasteiger partial charge in [-0.25, -0.2) is 9.59 Å².